The minimum absolute atomic E-state index is 0.194. The molecule has 1 unspecified atom stereocenters. The van der Waals surface area contributed by atoms with Gasteiger partial charge in [-0.25, -0.2) is 0 Å². The van der Waals surface area contributed by atoms with E-state index < -0.39 is 0 Å². The van der Waals surface area contributed by atoms with Crippen LogP contribution < -0.4 is 4.74 Å². The highest BCUT2D eigenvalue weighted by Gasteiger charge is 2.09. The predicted octanol–water partition coefficient (Wildman–Crippen LogP) is 1.99. The molecule has 1 aromatic heterocycles. The molecule has 13 heavy (non-hydrogen) atoms. The van der Waals surface area contributed by atoms with Crippen LogP contribution in [0.4, 0.5) is 0 Å². The molecule has 4 heteroatoms. The van der Waals surface area contributed by atoms with Crippen LogP contribution in [0.25, 0.3) is 0 Å². The van der Waals surface area contributed by atoms with Crippen molar-refractivity contribution in [1.29, 1.82) is 0 Å². The molecule has 0 radical (unpaired) electrons. The first-order chi connectivity index (χ1) is 6.15. The summed E-state index contributed by atoms with van der Waals surface area (Å²) in [5.74, 6) is 0.847. The fourth-order valence-electron chi connectivity index (χ4n) is 1.23. The molecule has 0 spiro atoms. The van der Waals surface area contributed by atoms with Gasteiger partial charge in [0.1, 0.15) is 0 Å². The fraction of sp³-hybridized carbons (Fsp3) is 0.667. The average molecular weight is 203 g/mol. The van der Waals surface area contributed by atoms with Gasteiger partial charge in [-0.3, -0.25) is 4.68 Å². The molecule has 1 atom stereocenters. The molecule has 0 bridgehead atoms. The summed E-state index contributed by atoms with van der Waals surface area (Å²) in [5, 5.41) is 4.31. The first-order valence-electron chi connectivity index (χ1n) is 4.34. The number of alkyl halides is 1. The molecular weight excluding hydrogens is 188 g/mol. The monoisotopic (exact) mass is 202 g/mol. The molecule has 0 aliphatic carbocycles. The van der Waals surface area contributed by atoms with Crippen molar-refractivity contribution in [3.8, 4) is 5.75 Å². The van der Waals surface area contributed by atoms with Crippen LogP contribution in [0.15, 0.2) is 6.20 Å². The van der Waals surface area contributed by atoms with Crippen molar-refractivity contribution in [2.24, 2.45) is 7.05 Å². The largest absolute Gasteiger partial charge is 0.493 e. The number of hydrogen-bond acceptors (Lipinski definition) is 2. The maximum atomic E-state index is 5.87. The van der Waals surface area contributed by atoms with E-state index >= 15 is 0 Å². The van der Waals surface area contributed by atoms with E-state index in [4.69, 9.17) is 16.3 Å². The van der Waals surface area contributed by atoms with Crippen LogP contribution in [0.5, 0.6) is 5.75 Å². The van der Waals surface area contributed by atoms with Gasteiger partial charge >= 0.3 is 0 Å². The van der Waals surface area contributed by atoms with E-state index in [2.05, 4.69) is 5.10 Å². The molecule has 0 saturated heterocycles. The van der Waals surface area contributed by atoms with E-state index in [0.29, 0.717) is 0 Å². The van der Waals surface area contributed by atoms with Gasteiger partial charge in [0.2, 0.25) is 0 Å². The second-order valence-corrected chi connectivity index (χ2v) is 3.85. The molecule has 0 aliphatic rings. The van der Waals surface area contributed by atoms with E-state index in [1.165, 1.54) is 0 Å². The van der Waals surface area contributed by atoms with Gasteiger partial charge in [0, 0.05) is 12.4 Å². The van der Waals surface area contributed by atoms with Gasteiger partial charge in [0.15, 0.2) is 5.75 Å². The standard InChI is InChI=1S/C9H15ClN2O/c1-7(10)4-5-8-9(13-3)6-11-12(8)2/h6-7H,4-5H2,1-3H3. The number of ether oxygens (including phenoxy) is 1. The molecule has 0 fully saturated rings. The molecule has 0 aliphatic heterocycles. The lowest BCUT2D eigenvalue weighted by Crippen LogP contribution is -2.03. The Morgan fingerprint density at radius 3 is 2.92 bits per heavy atom. The highest BCUT2D eigenvalue weighted by Crippen LogP contribution is 2.19. The number of nitrogens with zero attached hydrogens (tertiary/aromatic N) is 2. The first-order valence-corrected chi connectivity index (χ1v) is 4.77. The van der Waals surface area contributed by atoms with Crippen LogP contribution in [-0.4, -0.2) is 22.3 Å². The summed E-state index contributed by atoms with van der Waals surface area (Å²) in [6.07, 6.45) is 3.58. The zero-order valence-electron chi connectivity index (χ0n) is 8.25. The lowest BCUT2D eigenvalue weighted by molar-refractivity contribution is 0.407. The second-order valence-electron chi connectivity index (χ2n) is 3.10. The topological polar surface area (TPSA) is 27.1 Å². The quantitative estimate of drug-likeness (QED) is 0.699. The van der Waals surface area contributed by atoms with Crippen LogP contribution in [0.2, 0.25) is 0 Å². The lowest BCUT2D eigenvalue weighted by atomic mass is 10.2. The molecule has 0 saturated carbocycles. The van der Waals surface area contributed by atoms with Crippen molar-refractivity contribution in [3.05, 3.63) is 11.9 Å². The average Bonchev–Trinajstić information content (AvgIpc) is 2.43. The summed E-state index contributed by atoms with van der Waals surface area (Å²) in [7, 11) is 3.57. The van der Waals surface area contributed by atoms with E-state index in [-0.39, 0.29) is 5.38 Å². The maximum absolute atomic E-state index is 5.87. The minimum Gasteiger partial charge on any atom is -0.493 e. The molecule has 74 valence electrons. The van der Waals surface area contributed by atoms with E-state index in [1.807, 2.05) is 18.7 Å². The van der Waals surface area contributed by atoms with Crippen molar-refractivity contribution in [3.63, 3.8) is 0 Å². The van der Waals surface area contributed by atoms with Gasteiger partial charge in [-0.05, 0) is 19.8 Å². The molecule has 0 aromatic carbocycles. The Morgan fingerprint density at radius 2 is 2.38 bits per heavy atom. The molecule has 1 heterocycles. The third kappa shape index (κ3) is 2.62. The van der Waals surface area contributed by atoms with Crippen LogP contribution in [0, 0.1) is 0 Å². The molecule has 3 nitrogen and oxygen atoms in total. The summed E-state index contributed by atoms with van der Waals surface area (Å²) >= 11 is 5.87. The third-order valence-electron chi connectivity index (χ3n) is 2.02. The van der Waals surface area contributed by atoms with E-state index in [9.17, 15) is 0 Å². The Morgan fingerprint density at radius 1 is 1.69 bits per heavy atom. The zero-order valence-corrected chi connectivity index (χ0v) is 9.01. The van der Waals surface area contributed by atoms with Gasteiger partial charge in [-0.15, -0.1) is 11.6 Å². The maximum Gasteiger partial charge on any atom is 0.159 e. The Kier molecular flexibility index (Phi) is 3.60. The highest BCUT2D eigenvalue weighted by atomic mass is 35.5. The van der Waals surface area contributed by atoms with Crippen LogP contribution in [0.1, 0.15) is 19.0 Å². The second kappa shape index (κ2) is 4.51. The minimum atomic E-state index is 0.194. The number of aromatic nitrogens is 2. The smallest absolute Gasteiger partial charge is 0.159 e. The summed E-state index contributed by atoms with van der Waals surface area (Å²) < 4.78 is 7.00. The van der Waals surface area contributed by atoms with Crippen molar-refractivity contribution in [2.45, 2.75) is 25.1 Å². The van der Waals surface area contributed by atoms with Gasteiger partial charge in [0.05, 0.1) is 19.0 Å². The molecular formula is C9H15ClN2O. The molecule has 0 amide bonds. The van der Waals surface area contributed by atoms with Crippen LogP contribution in [0.3, 0.4) is 0 Å². The van der Waals surface area contributed by atoms with Gasteiger partial charge < -0.3 is 4.74 Å². The molecule has 1 rings (SSSR count). The molecule has 0 N–H and O–H groups in total. The summed E-state index contributed by atoms with van der Waals surface area (Å²) in [6.45, 7) is 1.99. The number of rotatable bonds is 4. The number of methoxy groups -OCH3 is 1. The Hall–Kier alpha value is -0.700. The van der Waals surface area contributed by atoms with Crippen molar-refractivity contribution in [2.75, 3.05) is 7.11 Å². The Bertz CT molecular complexity index is 271. The first kappa shape index (κ1) is 10.4. The lowest BCUT2D eigenvalue weighted by Gasteiger charge is -2.05. The zero-order chi connectivity index (χ0) is 9.84. The number of hydrogen-bond donors (Lipinski definition) is 0. The summed E-state index contributed by atoms with van der Waals surface area (Å²) in [6, 6.07) is 0. The van der Waals surface area contributed by atoms with Crippen LogP contribution >= 0.6 is 11.6 Å². The number of halogens is 1. The predicted molar refractivity (Wildman–Crippen MR) is 53.4 cm³/mol. The Balaban J connectivity index is 2.68. The van der Waals surface area contributed by atoms with Gasteiger partial charge in [-0.1, -0.05) is 0 Å². The van der Waals surface area contributed by atoms with Crippen molar-refractivity contribution >= 4 is 11.6 Å². The molecule has 1 aromatic rings. The van der Waals surface area contributed by atoms with Gasteiger partial charge in [0.25, 0.3) is 0 Å². The third-order valence-corrected chi connectivity index (χ3v) is 2.24. The van der Waals surface area contributed by atoms with E-state index in [0.717, 1.165) is 24.3 Å². The normalized spacial score (nSPS) is 12.9. The van der Waals surface area contributed by atoms with E-state index in [1.54, 1.807) is 13.3 Å². The highest BCUT2D eigenvalue weighted by molar-refractivity contribution is 6.20. The SMILES string of the molecule is COc1cnn(C)c1CCC(C)Cl. The Labute approximate surface area is 83.6 Å². The fourth-order valence-corrected chi connectivity index (χ4v) is 1.34. The van der Waals surface area contributed by atoms with Crippen molar-refractivity contribution in [1.82, 2.24) is 9.78 Å². The summed E-state index contributed by atoms with van der Waals surface area (Å²) in [5.41, 5.74) is 1.11. The van der Waals surface area contributed by atoms with Crippen LogP contribution in [-0.2, 0) is 13.5 Å². The number of aryl methyl sites for hydroxylation is 1. The van der Waals surface area contributed by atoms with Crippen molar-refractivity contribution < 1.29 is 4.74 Å². The summed E-state index contributed by atoms with van der Waals surface area (Å²) in [4.78, 5) is 0. The van der Waals surface area contributed by atoms with Gasteiger partial charge in [-0.2, -0.15) is 5.10 Å².